The highest BCUT2D eigenvalue weighted by molar-refractivity contribution is 7.39. The first-order valence-electron chi connectivity index (χ1n) is 7.26. The zero-order valence-corrected chi connectivity index (χ0v) is 14.2. The van der Waals surface area contributed by atoms with Crippen molar-refractivity contribution in [2.45, 2.75) is 24.5 Å². The second-order valence-electron chi connectivity index (χ2n) is 5.70. The average Bonchev–Trinajstić information content (AvgIpc) is 3.08. The van der Waals surface area contributed by atoms with Gasteiger partial charge in [0.15, 0.2) is 17.4 Å². The molecule has 0 saturated carbocycles. The molecule has 3 rings (SSSR count). The van der Waals surface area contributed by atoms with Crippen LogP contribution in [-0.2, 0) is 9.26 Å². The Kier molecular flexibility index (Phi) is 5.02. The van der Waals surface area contributed by atoms with Gasteiger partial charge in [-0.3, -0.25) is 14.3 Å². The maximum absolute atomic E-state index is 12.1. The molecule has 1 fully saturated rings. The third-order valence-electron chi connectivity index (χ3n) is 3.81. The first-order valence-corrected chi connectivity index (χ1v) is 8.42. The lowest BCUT2D eigenvalue weighted by atomic mass is 10.1. The van der Waals surface area contributed by atoms with Crippen molar-refractivity contribution in [1.82, 2.24) is 19.5 Å². The van der Waals surface area contributed by atoms with E-state index in [0.717, 1.165) is 0 Å². The van der Waals surface area contributed by atoms with Gasteiger partial charge in [-0.25, -0.2) is 4.98 Å². The summed E-state index contributed by atoms with van der Waals surface area (Å²) < 4.78 is 11.5. The molecule has 1 aliphatic rings. The van der Waals surface area contributed by atoms with Crippen LogP contribution < -0.4 is 10.5 Å². The molecule has 0 aliphatic carbocycles. The van der Waals surface area contributed by atoms with Crippen LogP contribution in [0.15, 0.2) is 11.1 Å². The molecular formula is C12H18N5O7P. The highest BCUT2D eigenvalue weighted by Gasteiger charge is 2.44. The van der Waals surface area contributed by atoms with E-state index in [4.69, 9.17) is 14.5 Å². The van der Waals surface area contributed by atoms with Crippen LogP contribution in [0.4, 0.5) is 5.95 Å². The fourth-order valence-electron chi connectivity index (χ4n) is 2.55. The number of rotatable bonds is 5. The molecule has 13 heteroatoms. The van der Waals surface area contributed by atoms with Crippen molar-refractivity contribution in [2.75, 3.05) is 25.6 Å². The number of hydrogen-bond acceptors (Lipinski definition) is 10. The second-order valence-corrected chi connectivity index (χ2v) is 6.47. The number of anilines is 1. The highest BCUT2D eigenvalue weighted by Crippen LogP contribution is 2.33. The summed E-state index contributed by atoms with van der Waals surface area (Å²) in [4.78, 5) is 42.1. The number of aliphatic hydroxyl groups is 2. The number of aromatic amines is 1. The van der Waals surface area contributed by atoms with E-state index in [9.17, 15) is 15.0 Å². The minimum absolute atomic E-state index is 0.0600. The molecule has 0 bridgehead atoms. The summed E-state index contributed by atoms with van der Waals surface area (Å²) in [5.74, 6) is 0.290. The van der Waals surface area contributed by atoms with Crippen molar-refractivity contribution in [3.05, 3.63) is 16.7 Å². The molecule has 0 aromatic carbocycles. The van der Waals surface area contributed by atoms with Gasteiger partial charge in [-0.1, -0.05) is 0 Å². The number of H-pyrrole nitrogens is 1. The average molecular weight is 375 g/mol. The number of imidazole rings is 1. The van der Waals surface area contributed by atoms with Crippen LogP contribution in [-0.4, -0.2) is 78.5 Å². The van der Waals surface area contributed by atoms with Gasteiger partial charge in [0.25, 0.3) is 5.56 Å². The lowest BCUT2D eigenvalue weighted by Crippen LogP contribution is -2.33. The molecule has 25 heavy (non-hydrogen) atoms. The van der Waals surface area contributed by atoms with Gasteiger partial charge in [0.2, 0.25) is 5.95 Å². The van der Waals surface area contributed by atoms with Crippen molar-refractivity contribution in [3.8, 4) is 0 Å². The third-order valence-corrected chi connectivity index (χ3v) is 4.19. The molecule has 2 aromatic heterocycles. The molecule has 0 spiro atoms. The molecule has 1 aliphatic heterocycles. The molecule has 5 N–H and O–H groups in total. The Morgan fingerprint density at radius 3 is 2.76 bits per heavy atom. The molecule has 0 amide bonds. The standard InChI is InChI=1S/C12H18N5O7P/c1-16(2)12-14-9-6(10(20)15-12)13-4-17(9)11-8(19)7(18)5(24-11)3-23-25(21)22/h4-5,7-8,11,18-19,21-22H,3H2,1-2H3,(H,14,15,20)/t5-,7-,8-,11-/m1/s1. The van der Waals surface area contributed by atoms with Gasteiger partial charge in [-0.15, -0.1) is 0 Å². The Morgan fingerprint density at radius 2 is 2.12 bits per heavy atom. The number of hydrogen-bond donors (Lipinski definition) is 5. The summed E-state index contributed by atoms with van der Waals surface area (Å²) in [6, 6.07) is 0. The van der Waals surface area contributed by atoms with Crippen molar-refractivity contribution < 1.29 is 29.3 Å². The van der Waals surface area contributed by atoms with E-state index in [2.05, 4.69) is 19.5 Å². The smallest absolute Gasteiger partial charge is 0.327 e. The first-order chi connectivity index (χ1) is 11.8. The van der Waals surface area contributed by atoms with E-state index in [1.54, 1.807) is 19.0 Å². The quantitative estimate of drug-likeness (QED) is 0.370. The van der Waals surface area contributed by atoms with Crippen LogP contribution in [0.5, 0.6) is 0 Å². The van der Waals surface area contributed by atoms with E-state index in [-0.39, 0.29) is 17.8 Å². The van der Waals surface area contributed by atoms with E-state index in [0.29, 0.717) is 5.95 Å². The molecule has 4 atom stereocenters. The Morgan fingerprint density at radius 1 is 1.40 bits per heavy atom. The van der Waals surface area contributed by atoms with Crippen molar-refractivity contribution in [1.29, 1.82) is 0 Å². The summed E-state index contributed by atoms with van der Waals surface area (Å²) in [6.07, 6.45) is -3.45. The van der Waals surface area contributed by atoms with Gasteiger partial charge in [0.05, 0.1) is 12.9 Å². The Hall–Kier alpha value is -1.66. The van der Waals surface area contributed by atoms with Crippen LogP contribution in [0.25, 0.3) is 11.2 Å². The molecule has 2 aromatic rings. The number of ether oxygens (including phenoxy) is 1. The van der Waals surface area contributed by atoms with E-state index in [1.807, 2.05) is 0 Å². The van der Waals surface area contributed by atoms with Gasteiger partial charge in [0, 0.05) is 14.1 Å². The van der Waals surface area contributed by atoms with Crippen LogP contribution in [0.2, 0.25) is 0 Å². The Bertz CT molecular complexity index is 809. The maximum Gasteiger partial charge on any atom is 0.327 e. The Labute approximate surface area is 142 Å². The van der Waals surface area contributed by atoms with Crippen LogP contribution >= 0.6 is 8.60 Å². The predicted octanol–water partition coefficient (Wildman–Crippen LogP) is -1.97. The number of nitrogens with one attached hydrogen (secondary N) is 1. The van der Waals surface area contributed by atoms with Gasteiger partial charge >= 0.3 is 8.60 Å². The van der Waals surface area contributed by atoms with Crippen LogP contribution in [0.3, 0.4) is 0 Å². The topological polar surface area (TPSA) is 166 Å². The lowest BCUT2D eigenvalue weighted by molar-refractivity contribution is -0.0485. The monoisotopic (exact) mass is 375 g/mol. The van der Waals surface area contributed by atoms with Crippen molar-refractivity contribution >= 4 is 25.7 Å². The SMILES string of the molecule is CN(C)c1nc2c(ncn2[C@@H]2O[C@H](COP(O)O)[C@@H](O)[C@H]2O)c(=O)[nH]1. The normalized spacial score (nSPS) is 26.7. The van der Waals surface area contributed by atoms with E-state index < -0.39 is 38.7 Å². The number of aromatic nitrogens is 4. The van der Waals surface area contributed by atoms with Crippen LogP contribution in [0.1, 0.15) is 6.23 Å². The van der Waals surface area contributed by atoms with Gasteiger partial charge in [-0.05, 0) is 0 Å². The zero-order chi connectivity index (χ0) is 18.3. The lowest BCUT2D eigenvalue weighted by Gasteiger charge is -2.17. The predicted molar refractivity (Wildman–Crippen MR) is 85.7 cm³/mol. The Balaban J connectivity index is 1.95. The van der Waals surface area contributed by atoms with Crippen LogP contribution in [0, 0.1) is 0 Å². The summed E-state index contributed by atoms with van der Waals surface area (Å²) in [6.45, 7) is -0.322. The second kappa shape index (κ2) is 6.92. The van der Waals surface area contributed by atoms with Crippen molar-refractivity contribution in [2.24, 2.45) is 0 Å². The molecule has 12 nitrogen and oxygen atoms in total. The highest BCUT2D eigenvalue weighted by atomic mass is 31.2. The number of nitrogens with zero attached hydrogens (tertiary/aromatic N) is 4. The third kappa shape index (κ3) is 3.37. The van der Waals surface area contributed by atoms with E-state index >= 15 is 0 Å². The summed E-state index contributed by atoms with van der Waals surface area (Å²) >= 11 is 0. The van der Waals surface area contributed by atoms with Crippen molar-refractivity contribution in [3.63, 3.8) is 0 Å². The minimum Gasteiger partial charge on any atom is -0.387 e. The molecule has 138 valence electrons. The van der Waals surface area contributed by atoms with E-state index in [1.165, 1.54) is 10.9 Å². The summed E-state index contributed by atoms with van der Waals surface area (Å²) in [5, 5.41) is 20.3. The fourth-order valence-corrected chi connectivity index (χ4v) is 2.83. The largest absolute Gasteiger partial charge is 0.387 e. The molecule has 1 saturated heterocycles. The number of aliphatic hydroxyl groups excluding tert-OH is 2. The molecular weight excluding hydrogens is 357 g/mol. The summed E-state index contributed by atoms with van der Waals surface area (Å²) in [5.41, 5.74) is -0.215. The maximum atomic E-state index is 12.1. The summed E-state index contributed by atoms with van der Waals surface area (Å²) in [7, 11) is 0.790. The van der Waals surface area contributed by atoms with Gasteiger partial charge < -0.3 is 34.2 Å². The van der Waals surface area contributed by atoms with Gasteiger partial charge in [-0.2, -0.15) is 4.98 Å². The number of fused-ring (bicyclic) bond motifs is 1. The zero-order valence-electron chi connectivity index (χ0n) is 13.3. The fraction of sp³-hybridized carbons (Fsp3) is 0.583. The molecule has 0 radical (unpaired) electrons. The minimum atomic E-state index is -2.61. The molecule has 0 unspecified atom stereocenters. The first kappa shape index (κ1) is 18.1. The van der Waals surface area contributed by atoms with Gasteiger partial charge in [0.1, 0.15) is 18.3 Å². The molecule has 3 heterocycles.